The summed E-state index contributed by atoms with van der Waals surface area (Å²) in [5, 5.41) is 0. The van der Waals surface area contributed by atoms with E-state index >= 15 is 0 Å². The fourth-order valence-corrected chi connectivity index (χ4v) is 1.12. The predicted molar refractivity (Wildman–Crippen MR) is 54.9 cm³/mol. The molecule has 0 amide bonds. The van der Waals surface area contributed by atoms with Crippen LogP contribution in [0.1, 0.15) is 30.9 Å². The molecule has 0 saturated heterocycles. The second-order valence-electron chi connectivity index (χ2n) is 2.88. The van der Waals surface area contributed by atoms with Crippen LogP contribution in [-0.4, -0.2) is 9.97 Å². The lowest BCUT2D eigenvalue weighted by Gasteiger charge is -2.11. The molecule has 1 atom stereocenters. The van der Waals surface area contributed by atoms with Gasteiger partial charge in [0.2, 0.25) is 0 Å². The molecule has 0 bridgehead atoms. The quantitative estimate of drug-likeness (QED) is 0.418. The zero-order valence-corrected chi connectivity index (χ0v) is 8.41. The summed E-state index contributed by atoms with van der Waals surface area (Å²) in [5.74, 6) is 12.0. The molecule has 1 aromatic rings. The van der Waals surface area contributed by atoms with Gasteiger partial charge in [0.1, 0.15) is 5.82 Å². The molecule has 4 nitrogen and oxygen atoms in total. The maximum Gasteiger partial charge on any atom is 0.125 e. The predicted octanol–water partition coefficient (Wildman–Crippen LogP) is 0.703. The molecular formula is C10H14N4. The molecule has 0 aromatic carbocycles. The molecule has 3 N–H and O–H groups in total. The topological polar surface area (TPSA) is 63.8 Å². The number of aryl methyl sites for hydroxylation is 1. The molecule has 0 aliphatic heterocycles. The van der Waals surface area contributed by atoms with Crippen LogP contribution in [0.25, 0.3) is 0 Å². The summed E-state index contributed by atoms with van der Waals surface area (Å²) < 4.78 is 0. The highest BCUT2D eigenvalue weighted by Crippen LogP contribution is 2.11. The summed E-state index contributed by atoms with van der Waals surface area (Å²) in [6.45, 7) is 3.65. The number of nitrogens with zero attached hydrogens (tertiary/aromatic N) is 2. The fraction of sp³-hybridized carbons (Fsp3) is 0.400. The lowest BCUT2D eigenvalue weighted by atomic mass is 10.1. The second-order valence-corrected chi connectivity index (χ2v) is 2.88. The number of aromatic nitrogens is 2. The molecule has 74 valence electrons. The highest BCUT2D eigenvalue weighted by molar-refractivity contribution is 5.11. The zero-order chi connectivity index (χ0) is 10.4. The smallest absolute Gasteiger partial charge is 0.125 e. The van der Waals surface area contributed by atoms with E-state index < -0.39 is 0 Å². The first-order chi connectivity index (χ1) is 6.77. The zero-order valence-electron chi connectivity index (χ0n) is 8.41. The first kappa shape index (κ1) is 10.6. The average Bonchev–Trinajstić information content (AvgIpc) is 2.19. The van der Waals surface area contributed by atoms with Gasteiger partial charge in [-0.1, -0.05) is 0 Å². The van der Waals surface area contributed by atoms with Crippen LogP contribution in [0.4, 0.5) is 0 Å². The van der Waals surface area contributed by atoms with E-state index in [2.05, 4.69) is 27.2 Å². The minimum Gasteiger partial charge on any atom is -0.271 e. The molecule has 4 heteroatoms. The third-order valence-corrected chi connectivity index (χ3v) is 1.84. The maximum atomic E-state index is 5.42. The Kier molecular flexibility index (Phi) is 4.05. The van der Waals surface area contributed by atoms with E-state index in [0.717, 1.165) is 11.5 Å². The Morgan fingerprint density at radius 1 is 1.64 bits per heavy atom. The SMILES string of the molecule is CC#CCC(NN)c1ccnc(C)n1. The van der Waals surface area contributed by atoms with Crippen molar-refractivity contribution in [3.8, 4) is 11.8 Å². The minimum atomic E-state index is -0.0239. The molecule has 1 unspecified atom stereocenters. The van der Waals surface area contributed by atoms with E-state index in [0.29, 0.717) is 6.42 Å². The van der Waals surface area contributed by atoms with Crippen LogP contribution in [0.3, 0.4) is 0 Å². The molecule has 0 fully saturated rings. The Hall–Kier alpha value is -1.44. The van der Waals surface area contributed by atoms with Gasteiger partial charge in [-0.2, -0.15) is 0 Å². The molecule has 14 heavy (non-hydrogen) atoms. The third kappa shape index (κ3) is 2.80. The number of rotatable bonds is 3. The summed E-state index contributed by atoms with van der Waals surface area (Å²) in [5.41, 5.74) is 3.57. The molecule has 1 heterocycles. The van der Waals surface area contributed by atoms with Crippen molar-refractivity contribution in [2.45, 2.75) is 26.3 Å². The molecule has 0 aliphatic rings. The normalized spacial score (nSPS) is 11.6. The number of hydrogen-bond acceptors (Lipinski definition) is 4. The monoisotopic (exact) mass is 190 g/mol. The summed E-state index contributed by atoms with van der Waals surface area (Å²) in [7, 11) is 0. The van der Waals surface area contributed by atoms with E-state index in [9.17, 15) is 0 Å². The van der Waals surface area contributed by atoms with Gasteiger partial charge in [-0.05, 0) is 19.9 Å². The van der Waals surface area contributed by atoms with Crippen molar-refractivity contribution in [2.75, 3.05) is 0 Å². The molecular weight excluding hydrogens is 176 g/mol. The number of hydrogen-bond donors (Lipinski definition) is 2. The summed E-state index contributed by atoms with van der Waals surface area (Å²) in [4.78, 5) is 8.30. The summed E-state index contributed by atoms with van der Waals surface area (Å²) in [6, 6.07) is 1.82. The van der Waals surface area contributed by atoms with Gasteiger partial charge in [0, 0.05) is 12.6 Å². The Morgan fingerprint density at radius 3 is 3.00 bits per heavy atom. The fourth-order valence-electron chi connectivity index (χ4n) is 1.12. The minimum absolute atomic E-state index is 0.0239. The molecule has 0 radical (unpaired) electrons. The van der Waals surface area contributed by atoms with Crippen molar-refractivity contribution >= 4 is 0 Å². The van der Waals surface area contributed by atoms with E-state index in [1.54, 1.807) is 13.1 Å². The Morgan fingerprint density at radius 2 is 2.43 bits per heavy atom. The van der Waals surface area contributed by atoms with Gasteiger partial charge in [-0.25, -0.2) is 9.97 Å². The highest BCUT2D eigenvalue weighted by atomic mass is 15.2. The Labute approximate surface area is 83.9 Å². The van der Waals surface area contributed by atoms with Gasteiger partial charge in [-0.15, -0.1) is 11.8 Å². The second kappa shape index (κ2) is 5.32. The van der Waals surface area contributed by atoms with Crippen molar-refractivity contribution < 1.29 is 0 Å². The van der Waals surface area contributed by atoms with Crippen LogP contribution in [0, 0.1) is 18.8 Å². The van der Waals surface area contributed by atoms with Crippen LogP contribution in [0.15, 0.2) is 12.3 Å². The van der Waals surface area contributed by atoms with Crippen molar-refractivity contribution in [1.82, 2.24) is 15.4 Å². The van der Waals surface area contributed by atoms with Crippen molar-refractivity contribution in [3.63, 3.8) is 0 Å². The van der Waals surface area contributed by atoms with Gasteiger partial charge < -0.3 is 0 Å². The van der Waals surface area contributed by atoms with Gasteiger partial charge in [0.15, 0.2) is 0 Å². The van der Waals surface area contributed by atoms with Crippen molar-refractivity contribution in [3.05, 3.63) is 23.8 Å². The first-order valence-electron chi connectivity index (χ1n) is 4.43. The molecule has 1 rings (SSSR count). The standard InChI is InChI=1S/C10H14N4/c1-3-4-5-10(14-11)9-6-7-12-8(2)13-9/h6-7,10,14H,5,11H2,1-2H3. The van der Waals surface area contributed by atoms with Crippen molar-refractivity contribution in [1.29, 1.82) is 0 Å². The highest BCUT2D eigenvalue weighted by Gasteiger charge is 2.09. The van der Waals surface area contributed by atoms with Crippen LogP contribution in [-0.2, 0) is 0 Å². The van der Waals surface area contributed by atoms with Gasteiger partial charge in [0.05, 0.1) is 11.7 Å². The number of hydrazine groups is 1. The number of nitrogens with one attached hydrogen (secondary N) is 1. The molecule has 0 saturated carbocycles. The lowest BCUT2D eigenvalue weighted by Crippen LogP contribution is -2.28. The Bertz CT molecular complexity index is 351. The third-order valence-electron chi connectivity index (χ3n) is 1.84. The van der Waals surface area contributed by atoms with Crippen LogP contribution >= 0.6 is 0 Å². The molecule has 0 aliphatic carbocycles. The largest absolute Gasteiger partial charge is 0.271 e. The summed E-state index contributed by atoms with van der Waals surface area (Å²) >= 11 is 0. The molecule has 1 aromatic heterocycles. The van der Waals surface area contributed by atoms with E-state index in [4.69, 9.17) is 5.84 Å². The van der Waals surface area contributed by atoms with E-state index in [1.165, 1.54) is 0 Å². The van der Waals surface area contributed by atoms with Gasteiger partial charge in [-0.3, -0.25) is 11.3 Å². The van der Waals surface area contributed by atoms with Crippen LogP contribution < -0.4 is 11.3 Å². The van der Waals surface area contributed by atoms with E-state index in [-0.39, 0.29) is 6.04 Å². The van der Waals surface area contributed by atoms with E-state index in [1.807, 2.05) is 13.0 Å². The molecule has 0 spiro atoms. The average molecular weight is 190 g/mol. The lowest BCUT2D eigenvalue weighted by molar-refractivity contribution is 0.550. The van der Waals surface area contributed by atoms with Gasteiger partial charge in [0.25, 0.3) is 0 Å². The summed E-state index contributed by atoms with van der Waals surface area (Å²) in [6.07, 6.45) is 2.38. The van der Waals surface area contributed by atoms with Crippen LogP contribution in [0.5, 0.6) is 0 Å². The Balaban J connectivity index is 2.81. The van der Waals surface area contributed by atoms with Gasteiger partial charge >= 0.3 is 0 Å². The van der Waals surface area contributed by atoms with Crippen molar-refractivity contribution in [2.24, 2.45) is 5.84 Å². The number of nitrogens with two attached hydrogens (primary N) is 1. The van der Waals surface area contributed by atoms with Crippen LogP contribution in [0.2, 0.25) is 0 Å². The maximum absolute atomic E-state index is 5.42. The first-order valence-corrected chi connectivity index (χ1v) is 4.43.